The monoisotopic (exact) mass is 685 g/mol. The van der Waals surface area contributed by atoms with E-state index in [1.54, 1.807) is 23.7 Å². The molecule has 0 aromatic heterocycles. The fourth-order valence-electron chi connectivity index (χ4n) is 3.23. The van der Waals surface area contributed by atoms with E-state index in [0.717, 1.165) is 11.6 Å². The quantitative estimate of drug-likeness (QED) is 0.0588. The Balaban J connectivity index is 1.70. The van der Waals surface area contributed by atoms with E-state index in [1.165, 1.54) is 4.91 Å². The standard InChI is InChI=1S/C28H51N3O12S2/c1-24(44-3)28(29-2)45-30-7-9-36-11-13-38-15-17-40-19-21-42-23-22-41-20-18-39-16-14-37-12-10-35-8-6-27(34)43-31-25(32)4-5-26(31)33/h29-30H,4-23H2,1-3H3/b28-24+. The van der Waals surface area contributed by atoms with Crippen LogP contribution in [-0.4, -0.2) is 148 Å². The van der Waals surface area contributed by atoms with Gasteiger partial charge in [0.25, 0.3) is 11.8 Å². The van der Waals surface area contributed by atoms with Gasteiger partial charge in [-0.3, -0.25) is 14.3 Å². The van der Waals surface area contributed by atoms with Crippen LogP contribution >= 0.6 is 23.7 Å². The number of allylic oxidation sites excluding steroid dienone is 1. The van der Waals surface area contributed by atoms with Crippen molar-refractivity contribution in [1.82, 2.24) is 15.1 Å². The smallest absolute Gasteiger partial charge is 0.335 e. The van der Waals surface area contributed by atoms with E-state index in [-0.39, 0.29) is 25.9 Å². The van der Waals surface area contributed by atoms with Gasteiger partial charge in [0.1, 0.15) is 0 Å². The Bertz CT molecular complexity index is 810. The molecule has 2 amide bonds. The van der Waals surface area contributed by atoms with Crippen LogP contribution in [0.5, 0.6) is 0 Å². The van der Waals surface area contributed by atoms with E-state index in [4.69, 9.17) is 42.7 Å². The van der Waals surface area contributed by atoms with Gasteiger partial charge in [0.2, 0.25) is 0 Å². The predicted octanol–water partition coefficient (Wildman–Crippen LogP) is 1.13. The highest BCUT2D eigenvalue weighted by Crippen LogP contribution is 2.20. The van der Waals surface area contributed by atoms with Gasteiger partial charge < -0.3 is 48.0 Å². The zero-order valence-electron chi connectivity index (χ0n) is 26.8. The fourth-order valence-corrected chi connectivity index (χ4v) is 4.47. The van der Waals surface area contributed by atoms with E-state index in [1.807, 2.05) is 7.05 Å². The minimum atomic E-state index is -0.696. The molecule has 1 saturated heterocycles. The van der Waals surface area contributed by atoms with Gasteiger partial charge in [-0.2, -0.15) is 0 Å². The number of carbonyl (C=O) groups is 3. The van der Waals surface area contributed by atoms with Gasteiger partial charge in [0.15, 0.2) is 0 Å². The average molecular weight is 686 g/mol. The molecule has 0 aliphatic carbocycles. The normalized spacial score (nSPS) is 13.9. The van der Waals surface area contributed by atoms with Crippen molar-refractivity contribution in [2.75, 3.05) is 126 Å². The summed E-state index contributed by atoms with van der Waals surface area (Å²) < 4.78 is 46.8. The Hall–Kier alpha value is -1.51. The molecule has 2 N–H and O–H groups in total. The zero-order valence-corrected chi connectivity index (χ0v) is 28.4. The number of imide groups is 1. The van der Waals surface area contributed by atoms with Crippen LogP contribution in [0.3, 0.4) is 0 Å². The first-order valence-corrected chi connectivity index (χ1v) is 17.0. The number of nitrogens with zero attached hydrogens (tertiary/aromatic N) is 1. The number of rotatable bonds is 32. The first-order chi connectivity index (χ1) is 22.0. The molecule has 0 saturated carbocycles. The van der Waals surface area contributed by atoms with Gasteiger partial charge in [-0.15, -0.1) is 16.8 Å². The second-order valence-electron chi connectivity index (χ2n) is 9.03. The van der Waals surface area contributed by atoms with Gasteiger partial charge in [-0.25, -0.2) is 4.79 Å². The lowest BCUT2D eigenvalue weighted by Gasteiger charge is -2.12. The van der Waals surface area contributed by atoms with Crippen LogP contribution in [0.2, 0.25) is 0 Å². The summed E-state index contributed by atoms with van der Waals surface area (Å²) in [5, 5.41) is 4.81. The SMILES string of the molecule is CN/C(SNCCOCCOCCOCCOCCOCCOCCOCCOCCC(=O)ON1C(=O)CCC1=O)=C(/C)SC. The van der Waals surface area contributed by atoms with Gasteiger partial charge >= 0.3 is 5.97 Å². The van der Waals surface area contributed by atoms with Crippen molar-refractivity contribution in [2.24, 2.45) is 0 Å². The Morgan fingerprint density at radius 2 is 1.04 bits per heavy atom. The first-order valence-electron chi connectivity index (χ1n) is 15.0. The molecule has 0 bridgehead atoms. The van der Waals surface area contributed by atoms with Crippen LogP contribution in [-0.2, 0) is 57.1 Å². The molecule has 1 fully saturated rings. The largest absolute Gasteiger partial charge is 0.381 e. The zero-order chi connectivity index (χ0) is 32.8. The molecule has 17 heteroatoms. The Labute approximate surface area is 275 Å². The first kappa shape index (κ1) is 41.5. The summed E-state index contributed by atoms with van der Waals surface area (Å²) in [4.78, 5) is 40.4. The third-order valence-corrected chi connectivity index (χ3v) is 7.64. The highest BCUT2D eigenvalue weighted by atomic mass is 32.2. The lowest BCUT2D eigenvalue weighted by atomic mass is 10.4. The Kier molecular flexibility index (Phi) is 27.5. The number of amides is 2. The second kappa shape index (κ2) is 29.9. The number of hydrogen-bond acceptors (Lipinski definition) is 16. The fraction of sp³-hybridized carbons (Fsp3) is 0.821. The van der Waals surface area contributed by atoms with Crippen molar-refractivity contribution in [3.05, 3.63) is 9.93 Å². The van der Waals surface area contributed by atoms with Crippen molar-refractivity contribution in [3.63, 3.8) is 0 Å². The molecule has 0 unspecified atom stereocenters. The van der Waals surface area contributed by atoms with Crippen LogP contribution in [0.4, 0.5) is 0 Å². The van der Waals surface area contributed by atoms with E-state index in [2.05, 4.69) is 23.2 Å². The third kappa shape index (κ3) is 23.5. The lowest BCUT2D eigenvalue weighted by molar-refractivity contribution is -0.198. The number of hydroxylamine groups is 2. The molecule has 262 valence electrons. The van der Waals surface area contributed by atoms with E-state index < -0.39 is 17.8 Å². The van der Waals surface area contributed by atoms with Crippen molar-refractivity contribution in [1.29, 1.82) is 0 Å². The average Bonchev–Trinajstić information content (AvgIpc) is 3.35. The van der Waals surface area contributed by atoms with Gasteiger partial charge in [0.05, 0.1) is 117 Å². The van der Waals surface area contributed by atoms with Crippen molar-refractivity contribution < 1.29 is 57.1 Å². The maximum absolute atomic E-state index is 11.6. The van der Waals surface area contributed by atoms with Crippen molar-refractivity contribution in [3.8, 4) is 0 Å². The molecule has 15 nitrogen and oxygen atoms in total. The van der Waals surface area contributed by atoms with Gasteiger partial charge in [-0.1, -0.05) is 0 Å². The number of carbonyl (C=O) groups excluding carboxylic acids is 3. The van der Waals surface area contributed by atoms with E-state index in [0.29, 0.717) is 104 Å². The molecule has 1 aliphatic heterocycles. The van der Waals surface area contributed by atoms with Gasteiger partial charge in [0, 0.05) is 31.3 Å². The number of nitrogens with one attached hydrogen (secondary N) is 2. The summed E-state index contributed by atoms with van der Waals surface area (Å²) in [6.07, 6.45) is 2.11. The van der Waals surface area contributed by atoms with E-state index in [9.17, 15) is 14.4 Å². The molecule has 1 heterocycles. The predicted molar refractivity (Wildman–Crippen MR) is 169 cm³/mol. The van der Waals surface area contributed by atoms with Crippen LogP contribution < -0.4 is 10.0 Å². The van der Waals surface area contributed by atoms with E-state index >= 15 is 0 Å². The summed E-state index contributed by atoms with van der Waals surface area (Å²) in [5.74, 6) is -1.71. The summed E-state index contributed by atoms with van der Waals surface area (Å²) in [6.45, 7) is 9.91. The molecular weight excluding hydrogens is 634 g/mol. The lowest BCUT2D eigenvalue weighted by Crippen LogP contribution is -2.32. The molecule has 0 radical (unpaired) electrons. The Morgan fingerprint density at radius 3 is 1.42 bits per heavy atom. The summed E-state index contributed by atoms with van der Waals surface area (Å²) in [5.41, 5.74) is 0. The highest BCUT2D eigenvalue weighted by Gasteiger charge is 2.32. The van der Waals surface area contributed by atoms with Crippen LogP contribution in [0, 0.1) is 0 Å². The van der Waals surface area contributed by atoms with Crippen LogP contribution in [0.25, 0.3) is 0 Å². The molecule has 45 heavy (non-hydrogen) atoms. The van der Waals surface area contributed by atoms with Gasteiger partial charge in [-0.05, 0) is 25.1 Å². The van der Waals surface area contributed by atoms with Crippen LogP contribution in [0.15, 0.2) is 9.93 Å². The maximum atomic E-state index is 11.6. The number of hydrogen-bond donors (Lipinski definition) is 2. The summed E-state index contributed by atoms with van der Waals surface area (Å²) >= 11 is 3.29. The highest BCUT2D eigenvalue weighted by molar-refractivity contribution is 8.05. The summed E-state index contributed by atoms with van der Waals surface area (Å²) in [6, 6.07) is 0. The molecule has 0 spiro atoms. The third-order valence-electron chi connectivity index (χ3n) is 5.63. The molecule has 1 rings (SSSR count). The number of ether oxygens (including phenoxy) is 8. The van der Waals surface area contributed by atoms with Crippen LogP contribution in [0.1, 0.15) is 26.2 Å². The molecule has 0 atom stereocenters. The second-order valence-corrected chi connectivity index (χ2v) is 11.0. The summed E-state index contributed by atoms with van der Waals surface area (Å²) in [7, 11) is 1.91. The molecular formula is C28H51N3O12S2. The molecule has 0 aromatic rings. The van der Waals surface area contributed by atoms with Crippen molar-refractivity contribution >= 4 is 41.5 Å². The minimum Gasteiger partial charge on any atom is -0.381 e. The molecule has 0 aromatic carbocycles. The molecule has 1 aliphatic rings. The number of thioether (sulfide) groups is 1. The maximum Gasteiger partial charge on any atom is 0.335 e. The minimum absolute atomic E-state index is 0.0622. The Morgan fingerprint density at radius 1 is 0.667 bits per heavy atom. The topological polar surface area (TPSA) is 162 Å². The van der Waals surface area contributed by atoms with Crippen molar-refractivity contribution in [2.45, 2.75) is 26.2 Å².